The highest BCUT2D eigenvalue weighted by Gasteiger charge is 2.11. The lowest BCUT2D eigenvalue weighted by Gasteiger charge is -2.12. The van der Waals surface area contributed by atoms with Gasteiger partial charge in [-0.05, 0) is 54.0 Å². The van der Waals surface area contributed by atoms with E-state index in [2.05, 4.69) is 26.2 Å². The monoisotopic (exact) mass is 280 g/mol. The van der Waals surface area contributed by atoms with E-state index in [-0.39, 0.29) is 6.04 Å². The van der Waals surface area contributed by atoms with E-state index >= 15 is 0 Å². The number of nitrogens with one attached hydrogen (secondary N) is 1. The summed E-state index contributed by atoms with van der Waals surface area (Å²) in [6.45, 7) is 3.98. The molecule has 0 saturated heterocycles. The van der Waals surface area contributed by atoms with Crippen molar-refractivity contribution in [1.29, 1.82) is 0 Å². The molecule has 84 valence electrons. The van der Waals surface area contributed by atoms with Crippen molar-refractivity contribution < 1.29 is 4.42 Å². The van der Waals surface area contributed by atoms with E-state index in [1.165, 1.54) is 0 Å². The number of aromatic nitrogens is 1. The second-order valence-electron chi connectivity index (χ2n) is 3.65. The molecule has 1 N–H and O–H groups in total. The van der Waals surface area contributed by atoms with Crippen molar-refractivity contribution in [2.75, 3.05) is 5.32 Å². The number of nitrogens with zero attached hydrogens (tertiary/aromatic N) is 1. The molecule has 1 atom stereocenters. The molecule has 0 aliphatic rings. The molecule has 0 aromatic carbocycles. The van der Waals surface area contributed by atoms with Crippen molar-refractivity contribution in [1.82, 2.24) is 4.98 Å². The van der Waals surface area contributed by atoms with Crippen LogP contribution in [-0.4, -0.2) is 4.98 Å². The average molecular weight is 281 g/mol. The molecule has 1 unspecified atom stereocenters. The predicted octanol–water partition coefficient (Wildman–Crippen LogP) is 3.92. The van der Waals surface area contributed by atoms with Crippen molar-refractivity contribution in [2.45, 2.75) is 19.9 Å². The first-order valence-electron chi connectivity index (χ1n) is 5.10. The summed E-state index contributed by atoms with van der Waals surface area (Å²) in [6.07, 6.45) is 1.76. The van der Waals surface area contributed by atoms with Crippen molar-refractivity contribution in [3.8, 4) is 0 Å². The van der Waals surface area contributed by atoms with Gasteiger partial charge in [-0.15, -0.1) is 0 Å². The van der Waals surface area contributed by atoms with Crippen LogP contribution in [0.3, 0.4) is 0 Å². The smallest absolute Gasteiger partial charge is 0.140 e. The van der Waals surface area contributed by atoms with Gasteiger partial charge < -0.3 is 9.73 Å². The van der Waals surface area contributed by atoms with E-state index in [4.69, 9.17) is 4.42 Å². The predicted molar refractivity (Wildman–Crippen MR) is 67.4 cm³/mol. The highest BCUT2D eigenvalue weighted by molar-refractivity contribution is 9.10. The summed E-state index contributed by atoms with van der Waals surface area (Å²) in [5, 5.41) is 3.29. The topological polar surface area (TPSA) is 38.1 Å². The standard InChI is InChI=1S/C12H13BrN2O/c1-8-5-6-11(16-8)9(2)15-12-10(13)4-3-7-14-12/h3-7,9H,1-2H3,(H,14,15). The molecule has 4 heteroatoms. The van der Waals surface area contributed by atoms with Crippen molar-refractivity contribution in [3.05, 3.63) is 46.5 Å². The Kier molecular flexibility index (Phi) is 3.29. The Labute approximate surface area is 103 Å². The Morgan fingerprint density at radius 1 is 1.38 bits per heavy atom. The first-order chi connectivity index (χ1) is 7.66. The number of hydrogen-bond acceptors (Lipinski definition) is 3. The summed E-state index contributed by atoms with van der Waals surface area (Å²) in [7, 11) is 0. The third kappa shape index (κ3) is 2.44. The molecule has 0 radical (unpaired) electrons. The number of pyridine rings is 1. The van der Waals surface area contributed by atoms with Gasteiger partial charge in [0.1, 0.15) is 17.3 Å². The van der Waals surface area contributed by atoms with E-state index in [0.29, 0.717) is 0 Å². The Hall–Kier alpha value is -1.29. The van der Waals surface area contributed by atoms with Gasteiger partial charge in [-0.25, -0.2) is 4.98 Å². The summed E-state index contributed by atoms with van der Waals surface area (Å²) in [5.41, 5.74) is 0. The molecule has 0 aliphatic carbocycles. The van der Waals surface area contributed by atoms with E-state index in [1.54, 1.807) is 6.20 Å². The SMILES string of the molecule is Cc1ccc(C(C)Nc2ncccc2Br)o1. The number of halogens is 1. The maximum atomic E-state index is 5.55. The molecule has 0 saturated carbocycles. The van der Waals surface area contributed by atoms with Gasteiger partial charge in [0.25, 0.3) is 0 Å². The van der Waals surface area contributed by atoms with Crippen molar-refractivity contribution in [3.63, 3.8) is 0 Å². The van der Waals surface area contributed by atoms with E-state index in [9.17, 15) is 0 Å². The maximum absolute atomic E-state index is 5.55. The lowest BCUT2D eigenvalue weighted by atomic mass is 10.2. The van der Waals surface area contributed by atoms with Crippen LogP contribution < -0.4 is 5.32 Å². The second-order valence-corrected chi connectivity index (χ2v) is 4.50. The lowest BCUT2D eigenvalue weighted by molar-refractivity contribution is 0.466. The van der Waals surface area contributed by atoms with Gasteiger partial charge in [0, 0.05) is 6.20 Å². The lowest BCUT2D eigenvalue weighted by Crippen LogP contribution is -2.07. The Morgan fingerprint density at radius 2 is 2.19 bits per heavy atom. The average Bonchev–Trinajstić information content (AvgIpc) is 2.68. The van der Waals surface area contributed by atoms with Gasteiger partial charge in [0.05, 0.1) is 10.5 Å². The van der Waals surface area contributed by atoms with Crippen LogP contribution in [0.4, 0.5) is 5.82 Å². The molecule has 0 amide bonds. The first-order valence-corrected chi connectivity index (χ1v) is 5.89. The molecule has 2 heterocycles. The number of furan rings is 1. The van der Waals surface area contributed by atoms with Crippen molar-refractivity contribution in [2.24, 2.45) is 0 Å². The van der Waals surface area contributed by atoms with Crippen LogP contribution in [0.2, 0.25) is 0 Å². The molecule has 0 fully saturated rings. The minimum absolute atomic E-state index is 0.0971. The Morgan fingerprint density at radius 3 is 2.81 bits per heavy atom. The fourth-order valence-electron chi connectivity index (χ4n) is 1.45. The molecule has 2 aromatic heterocycles. The van der Waals surface area contributed by atoms with Gasteiger partial charge in [-0.3, -0.25) is 0 Å². The van der Waals surface area contributed by atoms with Gasteiger partial charge in [0.2, 0.25) is 0 Å². The van der Waals surface area contributed by atoms with Crippen LogP contribution in [0.15, 0.2) is 39.4 Å². The molecule has 2 aromatic rings. The molecule has 0 bridgehead atoms. The molecule has 0 spiro atoms. The molecule has 16 heavy (non-hydrogen) atoms. The molecular formula is C12H13BrN2O. The largest absolute Gasteiger partial charge is 0.464 e. The summed E-state index contributed by atoms with van der Waals surface area (Å²) in [4.78, 5) is 4.25. The minimum Gasteiger partial charge on any atom is -0.464 e. The van der Waals surface area contributed by atoms with Gasteiger partial charge in [-0.1, -0.05) is 0 Å². The molecule has 2 rings (SSSR count). The van der Waals surface area contributed by atoms with E-state index < -0.39 is 0 Å². The summed E-state index contributed by atoms with van der Waals surface area (Å²) in [6, 6.07) is 7.87. The zero-order chi connectivity index (χ0) is 11.5. The number of hydrogen-bond donors (Lipinski definition) is 1. The number of rotatable bonds is 3. The van der Waals surface area contributed by atoms with Crippen molar-refractivity contribution >= 4 is 21.7 Å². The fraction of sp³-hybridized carbons (Fsp3) is 0.250. The Balaban J connectivity index is 2.13. The molecule has 0 aliphatic heterocycles. The molecule has 3 nitrogen and oxygen atoms in total. The quantitative estimate of drug-likeness (QED) is 0.926. The first kappa shape index (κ1) is 11.2. The van der Waals surface area contributed by atoms with Crippen LogP contribution in [0.5, 0.6) is 0 Å². The number of aryl methyl sites for hydroxylation is 1. The Bertz CT molecular complexity index is 481. The zero-order valence-corrected chi connectivity index (χ0v) is 10.8. The maximum Gasteiger partial charge on any atom is 0.140 e. The summed E-state index contributed by atoms with van der Waals surface area (Å²) >= 11 is 3.45. The minimum atomic E-state index is 0.0971. The van der Waals surface area contributed by atoms with Crippen LogP contribution in [-0.2, 0) is 0 Å². The highest BCUT2D eigenvalue weighted by atomic mass is 79.9. The van der Waals surface area contributed by atoms with Crippen LogP contribution in [0, 0.1) is 6.92 Å². The van der Waals surface area contributed by atoms with Crippen LogP contribution >= 0.6 is 15.9 Å². The van der Waals surface area contributed by atoms with E-state index in [1.807, 2.05) is 38.1 Å². The van der Waals surface area contributed by atoms with E-state index in [0.717, 1.165) is 21.8 Å². The fourth-order valence-corrected chi connectivity index (χ4v) is 1.82. The zero-order valence-electron chi connectivity index (χ0n) is 9.20. The van der Waals surface area contributed by atoms with Gasteiger partial charge in [0.15, 0.2) is 0 Å². The third-order valence-electron chi connectivity index (χ3n) is 2.30. The van der Waals surface area contributed by atoms with Crippen LogP contribution in [0.1, 0.15) is 24.5 Å². The van der Waals surface area contributed by atoms with Gasteiger partial charge >= 0.3 is 0 Å². The highest BCUT2D eigenvalue weighted by Crippen LogP contribution is 2.24. The van der Waals surface area contributed by atoms with Gasteiger partial charge in [-0.2, -0.15) is 0 Å². The number of anilines is 1. The normalized spacial score (nSPS) is 12.4. The third-order valence-corrected chi connectivity index (χ3v) is 2.94. The second kappa shape index (κ2) is 4.70. The molecular weight excluding hydrogens is 268 g/mol. The van der Waals surface area contributed by atoms with Crippen LogP contribution in [0.25, 0.3) is 0 Å². The summed E-state index contributed by atoms with van der Waals surface area (Å²) in [5.74, 6) is 2.66. The summed E-state index contributed by atoms with van der Waals surface area (Å²) < 4.78 is 6.50.